The van der Waals surface area contributed by atoms with E-state index in [1.54, 1.807) is 10.7 Å². The highest BCUT2D eigenvalue weighted by molar-refractivity contribution is 5.47. The second kappa shape index (κ2) is 4.33. The summed E-state index contributed by atoms with van der Waals surface area (Å²) in [5, 5.41) is 13.8. The Balaban J connectivity index is 1.99. The first-order valence-corrected chi connectivity index (χ1v) is 6.08. The zero-order valence-electron chi connectivity index (χ0n) is 9.71. The normalized spacial score (nSPS) is 16.6. The molecule has 1 fully saturated rings. The number of piperidine rings is 1. The minimum atomic E-state index is -0.0301. The standard InChI is InChI=1S/C12H16N4O/c17-9-10-8-13-11-4-5-12(14-16(10)11)15-6-2-1-3-7-15/h4-5,8,17H,1-3,6-7,9H2. The van der Waals surface area contributed by atoms with Crippen molar-refractivity contribution in [1.29, 1.82) is 0 Å². The molecular weight excluding hydrogens is 216 g/mol. The molecule has 1 aliphatic heterocycles. The van der Waals surface area contributed by atoms with Gasteiger partial charge >= 0.3 is 0 Å². The van der Waals surface area contributed by atoms with Crippen LogP contribution in [0.2, 0.25) is 0 Å². The maximum absolute atomic E-state index is 9.21. The monoisotopic (exact) mass is 232 g/mol. The van der Waals surface area contributed by atoms with Crippen LogP contribution in [0.3, 0.4) is 0 Å². The third-order valence-electron chi connectivity index (χ3n) is 3.26. The molecule has 1 aliphatic rings. The number of hydrogen-bond acceptors (Lipinski definition) is 4. The van der Waals surface area contributed by atoms with Gasteiger partial charge in [0.2, 0.25) is 0 Å². The fraction of sp³-hybridized carbons (Fsp3) is 0.500. The lowest BCUT2D eigenvalue weighted by molar-refractivity contribution is 0.274. The SMILES string of the molecule is OCc1cnc2ccc(N3CCCCC3)nn12. The molecule has 0 aliphatic carbocycles. The molecule has 0 aromatic carbocycles. The van der Waals surface area contributed by atoms with Gasteiger partial charge in [-0.05, 0) is 31.4 Å². The van der Waals surface area contributed by atoms with E-state index in [2.05, 4.69) is 15.0 Å². The molecule has 90 valence electrons. The van der Waals surface area contributed by atoms with Gasteiger partial charge in [0.15, 0.2) is 5.65 Å². The van der Waals surface area contributed by atoms with Crippen molar-refractivity contribution < 1.29 is 5.11 Å². The average Bonchev–Trinajstić information content (AvgIpc) is 2.81. The summed E-state index contributed by atoms with van der Waals surface area (Å²) in [6.45, 7) is 2.11. The molecule has 1 saturated heterocycles. The molecular formula is C12H16N4O. The van der Waals surface area contributed by atoms with Crippen molar-refractivity contribution in [1.82, 2.24) is 14.6 Å². The van der Waals surface area contributed by atoms with Gasteiger partial charge in [-0.1, -0.05) is 0 Å². The Kier molecular flexibility index (Phi) is 2.68. The van der Waals surface area contributed by atoms with E-state index in [0.29, 0.717) is 0 Å². The van der Waals surface area contributed by atoms with Crippen LogP contribution in [0.5, 0.6) is 0 Å². The molecule has 1 N–H and O–H groups in total. The van der Waals surface area contributed by atoms with Gasteiger partial charge in [0.25, 0.3) is 0 Å². The number of nitrogens with zero attached hydrogens (tertiary/aromatic N) is 4. The lowest BCUT2D eigenvalue weighted by atomic mass is 10.1. The number of rotatable bonds is 2. The summed E-state index contributed by atoms with van der Waals surface area (Å²) < 4.78 is 1.73. The molecule has 0 amide bonds. The molecule has 0 atom stereocenters. The molecule has 0 radical (unpaired) electrons. The lowest BCUT2D eigenvalue weighted by Crippen LogP contribution is -2.30. The van der Waals surface area contributed by atoms with Crippen LogP contribution >= 0.6 is 0 Å². The minimum Gasteiger partial charge on any atom is -0.390 e. The summed E-state index contributed by atoms with van der Waals surface area (Å²) in [5.41, 5.74) is 1.52. The molecule has 5 nitrogen and oxygen atoms in total. The van der Waals surface area contributed by atoms with Crippen molar-refractivity contribution in [3.63, 3.8) is 0 Å². The van der Waals surface area contributed by atoms with Gasteiger partial charge < -0.3 is 10.0 Å². The number of fused-ring (bicyclic) bond motifs is 1. The first-order valence-electron chi connectivity index (χ1n) is 6.08. The van der Waals surface area contributed by atoms with Crippen molar-refractivity contribution >= 4 is 11.5 Å². The predicted octanol–water partition coefficient (Wildman–Crippen LogP) is 1.21. The van der Waals surface area contributed by atoms with Crippen LogP contribution < -0.4 is 4.90 Å². The highest BCUT2D eigenvalue weighted by Gasteiger charge is 2.13. The molecule has 0 unspecified atom stereocenters. The number of anilines is 1. The van der Waals surface area contributed by atoms with E-state index in [9.17, 15) is 5.11 Å². The van der Waals surface area contributed by atoms with Gasteiger partial charge in [0, 0.05) is 13.1 Å². The highest BCUT2D eigenvalue weighted by atomic mass is 16.3. The smallest absolute Gasteiger partial charge is 0.154 e. The molecule has 3 rings (SSSR count). The molecule has 0 bridgehead atoms. The maximum Gasteiger partial charge on any atom is 0.154 e. The molecule has 0 spiro atoms. The summed E-state index contributed by atoms with van der Waals surface area (Å²) in [6, 6.07) is 3.96. The number of aliphatic hydroxyl groups is 1. The van der Waals surface area contributed by atoms with Gasteiger partial charge in [0.05, 0.1) is 18.5 Å². The number of imidazole rings is 1. The summed E-state index contributed by atoms with van der Waals surface area (Å²) in [5.74, 6) is 0.977. The first-order chi connectivity index (χ1) is 8.38. The van der Waals surface area contributed by atoms with Crippen molar-refractivity contribution in [2.75, 3.05) is 18.0 Å². The average molecular weight is 232 g/mol. The van der Waals surface area contributed by atoms with Gasteiger partial charge in [-0.25, -0.2) is 9.50 Å². The molecule has 5 heteroatoms. The van der Waals surface area contributed by atoms with Gasteiger partial charge in [-0.3, -0.25) is 0 Å². The molecule has 0 saturated carbocycles. The van der Waals surface area contributed by atoms with Crippen molar-refractivity contribution in [3.8, 4) is 0 Å². The van der Waals surface area contributed by atoms with Crippen molar-refractivity contribution in [3.05, 3.63) is 24.0 Å². The Morgan fingerprint density at radius 2 is 2.00 bits per heavy atom. The third kappa shape index (κ3) is 1.86. The first kappa shape index (κ1) is 10.5. The van der Waals surface area contributed by atoms with Crippen molar-refractivity contribution in [2.24, 2.45) is 0 Å². The summed E-state index contributed by atoms with van der Waals surface area (Å²) >= 11 is 0. The van der Waals surface area contributed by atoms with Gasteiger partial charge in [-0.2, -0.15) is 0 Å². The zero-order valence-corrected chi connectivity index (χ0v) is 9.71. The van der Waals surface area contributed by atoms with E-state index >= 15 is 0 Å². The number of aromatic nitrogens is 3. The quantitative estimate of drug-likeness (QED) is 0.845. The Morgan fingerprint density at radius 1 is 1.18 bits per heavy atom. The Bertz CT molecular complexity index is 516. The summed E-state index contributed by atoms with van der Waals surface area (Å²) in [4.78, 5) is 6.49. The van der Waals surface area contributed by atoms with E-state index in [0.717, 1.165) is 30.2 Å². The van der Waals surface area contributed by atoms with E-state index in [4.69, 9.17) is 0 Å². The topological polar surface area (TPSA) is 53.7 Å². The Morgan fingerprint density at radius 3 is 2.76 bits per heavy atom. The predicted molar refractivity (Wildman–Crippen MR) is 65.0 cm³/mol. The third-order valence-corrected chi connectivity index (χ3v) is 3.26. The Hall–Kier alpha value is -1.62. The van der Waals surface area contributed by atoms with Crippen LogP contribution in [0.1, 0.15) is 25.0 Å². The second-order valence-electron chi connectivity index (χ2n) is 4.42. The Labute approximate surface area is 99.7 Å². The highest BCUT2D eigenvalue weighted by Crippen LogP contribution is 2.18. The van der Waals surface area contributed by atoms with Gasteiger partial charge in [0.1, 0.15) is 5.82 Å². The van der Waals surface area contributed by atoms with Gasteiger partial charge in [-0.15, -0.1) is 5.10 Å². The number of hydrogen-bond donors (Lipinski definition) is 1. The lowest BCUT2D eigenvalue weighted by Gasteiger charge is -2.27. The minimum absolute atomic E-state index is 0.0301. The zero-order chi connectivity index (χ0) is 11.7. The molecule has 2 aromatic rings. The fourth-order valence-electron chi connectivity index (χ4n) is 2.31. The maximum atomic E-state index is 9.21. The summed E-state index contributed by atoms with van der Waals surface area (Å²) in [6.07, 6.45) is 5.45. The molecule has 17 heavy (non-hydrogen) atoms. The largest absolute Gasteiger partial charge is 0.390 e. The number of aliphatic hydroxyl groups excluding tert-OH is 1. The van der Waals surface area contributed by atoms with Crippen LogP contribution in [0.15, 0.2) is 18.3 Å². The van der Waals surface area contributed by atoms with E-state index in [-0.39, 0.29) is 6.61 Å². The van der Waals surface area contributed by atoms with E-state index in [1.807, 2.05) is 12.1 Å². The van der Waals surface area contributed by atoms with Crippen LogP contribution in [0.4, 0.5) is 5.82 Å². The molecule has 2 aromatic heterocycles. The molecule has 3 heterocycles. The van der Waals surface area contributed by atoms with E-state index < -0.39 is 0 Å². The van der Waals surface area contributed by atoms with Crippen LogP contribution in [-0.2, 0) is 6.61 Å². The van der Waals surface area contributed by atoms with Crippen LogP contribution in [-0.4, -0.2) is 32.8 Å². The summed E-state index contributed by atoms with van der Waals surface area (Å²) in [7, 11) is 0. The van der Waals surface area contributed by atoms with Crippen LogP contribution in [0, 0.1) is 0 Å². The van der Waals surface area contributed by atoms with Crippen molar-refractivity contribution in [2.45, 2.75) is 25.9 Å². The second-order valence-corrected chi connectivity index (χ2v) is 4.42. The fourth-order valence-corrected chi connectivity index (χ4v) is 2.31. The van der Waals surface area contributed by atoms with E-state index in [1.165, 1.54) is 19.3 Å². The van der Waals surface area contributed by atoms with Crippen LogP contribution in [0.25, 0.3) is 5.65 Å².